The van der Waals surface area contributed by atoms with Crippen molar-refractivity contribution in [3.05, 3.63) is 11.1 Å². The summed E-state index contributed by atoms with van der Waals surface area (Å²) in [5.74, 6) is -0.596. The van der Waals surface area contributed by atoms with Gasteiger partial charge in [-0.1, -0.05) is 13.8 Å². The van der Waals surface area contributed by atoms with Crippen molar-refractivity contribution < 1.29 is 9.90 Å². The molecule has 1 radical (unpaired) electrons. The van der Waals surface area contributed by atoms with Crippen LogP contribution < -0.4 is 10.4 Å². The normalized spacial score (nSPS) is 9.80. The van der Waals surface area contributed by atoms with Gasteiger partial charge in [0.25, 0.3) is 0 Å². The summed E-state index contributed by atoms with van der Waals surface area (Å²) >= 11 is 1.29. The van der Waals surface area contributed by atoms with Gasteiger partial charge in [0, 0.05) is 63.3 Å². The fraction of sp³-hybridized carbons (Fsp3) is 0.556. The number of carboxylic acid groups (broad SMARTS) is 1. The molecule has 0 bridgehead atoms. The van der Waals surface area contributed by atoms with Gasteiger partial charge in [-0.2, -0.15) is 0 Å². The summed E-state index contributed by atoms with van der Waals surface area (Å²) in [6, 6.07) is 0. The first-order valence-electron chi connectivity index (χ1n) is 4.50. The van der Waals surface area contributed by atoms with E-state index in [4.69, 9.17) is 0 Å². The van der Waals surface area contributed by atoms with Crippen LogP contribution in [-0.2, 0) is 0 Å². The largest absolute Gasteiger partial charge is 0.543 e. The number of carbonyl (C=O) groups excluding carboxylic acids is 1. The zero-order valence-electron chi connectivity index (χ0n) is 9.24. The monoisotopic (exact) mass is 252 g/mol. The molecule has 0 saturated carbocycles. The van der Waals surface area contributed by atoms with Gasteiger partial charge in [0.2, 0.25) is 0 Å². The minimum Gasteiger partial charge on any atom is -0.543 e. The smallest absolute Gasteiger partial charge is 0.183 e. The number of nitrogens with zero attached hydrogens (tertiary/aromatic N) is 1. The third-order valence-electron chi connectivity index (χ3n) is 1.71. The van der Waals surface area contributed by atoms with E-state index in [9.17, 15) is 9.90 Å². The molecule has 0 aliphatic rings. The van der Waals surface area contributed by atoms with Gasteiger partial charge in [-0.25, -0.2) is 4.98 Å². The zero-order chi connectivity index (χ0) is 10.6. The topological polar surface area (TPSA) is 65.0 Å². The summed E-state index contributed by atoms with van der Waals surface area (Å²) in [6.07, 6.45) is 1.04. The number of rotatable bonds is 5. The molecule has 0 aliphatic carbocycles. The van der Waals surface area contributed by atoms with E-state index in [-0.39, 0.29) is 57.1 Å². The van der Waals surface area contributed by atoms with Crippen molar-refractivity contribution in [2.75, 3.05) is 11.9 Å². The van der Waals surface area contributed by atoms with Gasteiger partial charge in [0.05, 0.1) is 11.7 Å². The molecular formula is C9H13KN2O2S-. The van der Waals surface area contributed by atoms with E-state index in [0.29, 0.717) is 11.0 Å². The number of thiazole rings is 1. The van der Waals surface area contributed by atoms with Crippen LogP contribution in [0.1, 0.15) is 30.8 Å². The van der Waals surface area contributed by atoms with Crippen LogP contribution >= 0.6 is 11.3 Å². The van der Waals surface area contributed by atoms with Crippen molar-refractivity contribution in [1.82, 2.24) is 4.98 Å². The summed E-state index contributed by atoms with van der Waals surface area (Å²) in [4.78, 5) is 14.3. The molecule has 0 saturated heterocycles. The summed E-state index contributed by atoms with van der Waals surface area (Å²) in [5, 5.41) is 15.6. The van der Waals surface area contributed by atoms with Crippen LogP contribution in [0.4, 0.5) is 5.13 Å². The number of aromatic nitrogens is 1. The average Bonchev–Trinajstić information content (AvgIpc) is 2.52. The van der Waals surface area contributed by atoms with Crippen LogP contribution in [0.15, 0.2) is 5.38 Å². The molecule has 0 fully saturated rings. The van der Waals surface area contributed by atoms with E-state index in [1.54, 1.807) is 0 Å². The van der Waals surface area contributed by atoms with Crippen LogP contribution in [-0.4, -0.2) is 68.9 Å². The molecule has 1 heterocycles. The Morgan fingerprint density at radius 3 is 2.80 bits per heavy atom. The second-order valence-corrected chi connectivity index (χ2v) is 4.29. The van der Waals surface area contributed by atoms with Crippen molar-refractivity contribution in [2.45, 2.75) is 20.3 Å². The second kappa shape index (κ2) is 7.75. The molecule has 1 aromatic heterocycles. The maximum atomic E-state index is 10.4. The van der Waals surface area contributed by atoms with Crippen LogP contribution in [0.5, 0.6) is 0 Å². The minimum atomic E-state index is -1.22. The SMILES string of the molecule is CC(C)CCNc1nc(C(=O)[O-])cs1.[K]. The molecule has 1 rings (SSSR count). The first-order chi connectivity index (χ1) is 6.59. The second-order valence-electron chi connectivity index (χ2n) is 3.43. The molecule has 6 heteroatoms. The molecule has 15 heavy (non-hydrogen) atoms. The first-order valence-corrected chi connectivity index (χ1v) is 5.38. The Hall–Kier alpha value is 0.536. The molecule has 0 spiro atoms. The molecule has 1 aromatic rings. The summed E-state index contributed by atoms with van der Waals surface area (Å²) in [6.45, 7) is 5.09. The van der Waals surface area contributed by atoms with Crippen molar-refractivity contribution in [2.24, 2.45) is 5.92 Å². The van der Waals surface area contributed by atoms with E-state index >= 15 is 0 Å². The molecule has 0 aliphatic heterocycles. The van der Waals surface area contributed by atoms with Crippen LogP contribution in [0, 0.1) is 5.92 Å². The van der Waals surface area contributed by atoms with Gasteiger partial charge < -0.3 is 15.2 Å². The fourth-order valence-corrected chi connectivity index (χ4v) is 1.63. The molecule has 1 N–H and O–H groups in total. The number of carbonyl (C=O) groups is 1. The number of carboxylic acids is 1. The molecule has 0 atom stereocenters. The Labute approximate surface area is 136 Å². The Morgan fingerprint density at radius 2 is 2.33 bits per heavy atom. The molecular weight excluding hydrogens is 239 g/mol. The molecule has 0 aromatic carbocycles. The summed E-state index contributed by atoms with van der Waals surface area (Å²) < 4.78 is 0. The summed E-state index contributed by atoms with van der Waals surface area (Å²) in [5.41, 5.74) is 0.00190. The quantitative estimate of drug-likeness (QED) is 0.779. The molecule has 0 unspecified atom stereocenters. The fourth-order valence-electron chi connectivity index (χ4n) is 0.916. The van der Waals surface area contributed by atoms with Gasteiger partial charge >= 0.3 is 0 Å². The van der Waals surface area contributed by atoms with Gasteiger partial charge in [0.15, 0.2) is 5.13 Å². The Balaban J connectivity index is 0.00000196. The average molecular weight is 252 g/mol. The molecule has 4 nitrogen and oxygen atoms in total. The Bertz CT molecular complexity index is 315. The van der Waals surface area contributed by atoms with E-state index in [1.165, 1.54) is 16.7 Å². The zero-order valence-corrected chi connectivity index (χ0v) is 13.2. The van der Waals surface area contributed by atoms with Gasteiger partial charge in [-0.3, -0.25) is 0 Å². The van der Waals surface area contributed by atoms with Crippen molar-refractivity contribution in [3.63, 3.8) is 0 Å². The maximum Gasteiger partial charge on any atom is 0.183 e. The number of hydrogen-bond acceptors (Lipinski definition) is 5. The number of anilines is 1. The van der Waals surface area contributed by atoms with E-state index in [2.05, 4.69) is 24.1 Å². The third kappa shape index (κ3) is 5.99. The van der Waals surface area contributed by atoms with Crippen LogP contribution in [0.2, 0.25) is 0 Å². The Kier molecular flexibility index (Phi) is 8.03. The van der Waals surface area contributed by atoms with Crippen LogP contribution in [0.3, 0.4) is 0 Å². The van der Waals surface area contributed by atoms with E-state index in [0.717, 1.165) is 13.0 Å². The van der Waals surface area contributed by atoms with Crippen molar-refractivity contribution in [3.8, 4) is 0 Å². The summed E-state index contributed by atoms with van der Waals surface area (Å²) in [7, 11) is 0. The number of aromatic carboxylic acids is 1. The van der Waals surface area contributed by atoms with Gasteiger partial charge in [0.1, 0.15) is 0 Å². The third-order valence-corrected chi connectivity index (χ3v) is 2.51. The van der Waals surface area contributed by atoms with E-state index < -0.39 is 5.97 Å². The first kappa shape index (κ1) is 15.5. The molecule has 0 amide bonds. The van der Waals surface area contributed by atoms with E-state index in [1.807, 2.05) is 0 Å². The minimum absolute atomic E-state index is 0. The van der Waals surface area contributed by atoms with Crippen molar-refractivity contribution in [1.29, 1.82) is 0 Å². The van der Waals surface area contributed by atoms with Gasteiger partial charge in [-0.05, 0) is 12.3 Å². The Morgan fingerprint density at radius 1 is 1.67 bits per heavy atom. The predicted molar refractivity (Wildman–Crippen MR) is 60.1 cm³/mol. The van der Waals surface area contributed by atoms with Crippen molar-refractivity contribution >= 4 is 73.8 Å². The van der Waals surface area contributed by atoms with Gasteiger partial charge in [-0.15, -0.1) is 11.3 Å². The number of hydrogen-bond donors (Lipinski definition) is 1. The van der Waals surface area contributed by atoms with Crippen LogP contribution in [0.25, 0.3) is 0 Å². The maximum absolute atomic E-state index is 10.4. The molecule has 79 valence electrons. The number of nitrogens with one attached hydrogen (secondary N) is 1. The predicted octanol–water partition coefficient (Wildman–Crippen LogP) is 0.584. The standard InChI is InChI=1S/C9H14N2O2S.K/c1-6(2)3-4-10-9-11-7(5-14-9)8(12)13;/h5-6H,3-4H2,1-2H3,(H,10,11)(H,12,13);/p-1.